The van der Waals surface area contributed by atoms with E-state index in [1.54, 1.807) is 6.92 Å². The first-order valence-corrected chi connectivity index (χ1v) is 9.83. The Morgan fingerprint density at radius 2 is 1.81 bits per heavy atom. The van der Waals surface area contributed by atoms with Crippen LogP contribution in [0, 0.1) is 17.6 Å². The first-order chi connectivity index (χ1) is 13.0. The summed E-state index contributed by atoms with van der Waals surface area (Å²) in [6.45, 7) is 8.26. The molecule has 1 N–H and O–H groups in total. The van der Waals surface area contributed by atoms with Crippen LogP contribution < -0.4 is 5.32 Å². The standard InChI is InChI=1S/C20H29F2N3O2/c1-15(20(26)23-19-17(21)3-2-4-18(19)22)25-9-6-16(7-10-25)5-8-24-11-13-27-14-12-24/h2-4,15-16H,5-14H2,1H3,(H,23,26). The second kappa shape index (κ2) is 9.57. The molecule has 1 atom stereocenters. The van der Waals surface area contributed by atoms with Gasteiger partial charge in [0.05, 0.1) is 19.3 Å². The molecule has 150 valence electrons. The molecule has 7 heteroatoms. The highest BCUT2D eigenvalue weighted by Gasteiger charge is 2.27. The number of hydrogen-bond donors (Lipinski definition) is 1. The molecule has 2 fully saturated rings. The molecule has 5 nitrogen and oxygen atoms in total. The lowest BCUT2D eigenvalue weighted by Gasteiger charge is -2.36. The number of carbonyl (C=O) groups is 1. The summed E-state index contributed by atoms with van der Waals surface area (Å²) in [7, 11) is 0. The quantitative estimate of drug-likeness (QED) is 0.823. The molecular formula is C20H29F2N3O2. The molecule has 0 aliphatic carbocycles. The number of para-hydroxylation sites is 1. The van der Waals surface area contributed by atoms with E-state index in [4.69, 9.17) is 4.74 Å². The van der Waals surface area contributed by atoms with Crippen LogP contribution in [0.15, 0.2) is 18.2 Å². The molecule has 0 aromatic heterocycles. The summed E-state index contributed by atoms with van der Waals surface area (Å²) in [5.74, 6) is -1.20. The Hall–Kier alpha value is -1.57. The lowest BCUT2D eigenvalue weighted by atomic mass is 9.92. The van der Waals surface area contributed by atoms with Gasteiger partial charge in [-0.05, 0) is 63.9 Å². The normalized spacial score (nSPS) is 21.1. The molecule has 27 heavy (non-hydrogen) atoms. The number of halogens is 2. The van der Waals surface area contributed by atoms with E-state index in [0.717, 1.165) is 70.9 Å². The average Bonchev–Trinajstić information content (AvgIpc) is 2.70. The van der Waals surface area contributed by atoms with E-state index >= 15 is 0 Å². The van der Waals surface area contributed by atoms with Gasteiger partial charge in [0.15, 0.2) is 0 Å². The largest absolute Gasteiger partial charge is 0.379 e. The molecule has 2 aliphatic rings. The van der Waals surface area contributed by atoms with E-state index in [1.165, 1.54) is 12.5 Å². The fraction of sp³-hybridized carbons (Fsp3) is 0.650. The third kappa shape index (κ3) is 5.46. The van der Waals surface area contributed by atoms with Gasteiger partial charge in [0.2, 0.25) is 5.91 Å². The Bertz CT molecular complexity index is 609. The van der Waals surface area contributed by atoms with Crippen LogP contribution in [-0.4, -0.2) is 67.7 Å². The van der Waals surface area contributed by atoms with Gasteiger partial charge in [-0.15, -0.1) is 0 Å². The van der Waals surface area contributed by atoms with Gasteiger partial charge in [-0.2, -0.15) is 0 Å². The Labute approximate surface area is 159 Å². The number of likely N-dealkylation sites (tertiary alicyclic amines) is 1. The maximum absolute atomic E-state index is 13.7. The van der Waals surface area contributed by atoms with E-state index in [-0.39, 0.29) is 11.6 Å². The molecule has 2 aliphatic heterocycles. The third-order valence-electron chi connectivity index (χ3n) is 5.74. The van der Waals surface area contributed by atoms with Gasteiger partial charge < -0.3 is 10.1 Å². The molecule has 1 aromatic rings. The average molecular weight is 381 g/mol. The summed E-state index contributed by atoms with van der Waals surface area (Å²) in [6, 6.07) is 3.15. The fourth-order valence-electron chi connectivity index (χ4n) is 3.83. The highest BCUT2D eigenvalue weighted by Crippen LogP contribution is 2.24. The lowest BCUT2D eigenvalue weighted by molar-refractivity contribution is -0.121. The summed E-state index contributed by atoms with van der Waals surface area (Å²) < 4.78 is 32.8. The van der Waals surface area contributed by atoms with Crippen LogP contribution in [0.3, 0.4) is 0 Å². The minimum Gasteiger partial charge on any atom is -0.379 e. The fourth-order valence-corrected chi connectivity index (χ4v) is 3.83. The molecular weight excluding hydrogens is 352 g/mol. The lowest BCUT2D eigenvalue weighted by Crippen LogP contribution is -2.46. The van der Waals surface area contributed by atoms with Gasteiger partial charge in [-0.1, -0.05) is 6.07 Å². The number of ether oxygens (including phenoxy) is 1. The minimum absolute atomic E-state index is 0.366. The number of nitrogens with one attached hydrogen (secondary N) is 1. The van der Waals surface area contributed by atoms with E-state index in [9.17, 15) is 13.6 Å². The van der Waals surface area contributed by atoms with Crippen molar-refractivity contribution in [2.45, 2.75) is 32.2 Å². The number of piperidine rings is 1. The van der Waals surface area contributed by atoms with E-state index < -0.39 is 17.7 Å². The Kier molecular flexibility index (Phi) is 7.15. The van der Waals surface area contributed by atoms with Gasteiger partial charge in [0.1, 0.15) is 17.3 Å². The number of carbonyl (C=O) groups excluding carboxylic acids is 1. The Balaban J connectivity index is 1.43. The second-order valence-electron chi connectivity index (χ2n) is 7.48. The van der Waals surface area contributed by atoms with Crippen molar-refractivity contribution >= 4 is 11.6 Å². The Morgan fingerprint density at radius 1 is 1.19 bits per heavy atom. The maximum Gasteiger partial charge on any atom is 0.241 e. The summed E-state index contributed by atoms with van der Waals surface area (Å²) >= 11 is 0. The molecule has 1 unspecified atom stereocenters. The molecule has 3 rings (SSSR count). The SMILES string of the molecule is CC(C(=O)Nc1c(F)cccc1F)N1CCC(CCN2CCOCC2)CC1. The molecule has 1 aromatic carbocycles. The summed E-state index contributed by atoms with van der Waals surface area (Å²) in [6.07, 6.45) is 3.28. The van der Waals surface area contributed by atoms with E-state index in [0.29, 0.717) is 5.92 Å². The van der Waals surface area contributed by atoms with Crippen LogP contribution >= 0.6 is 0 Å². The maximum atomic E-state index is 13.7. The highest BCUT2D eigenvalue weighted by atomic mass is 19.1. The minimum atomic E-state index is -0.752. The molecule has 0 saturated carbocycles. The van der Waals surface area contributed by atoms with Gasteiger partial charge in [0.25, 0.3) is 0 Å². The van der Waals surface area contributed by atoms with Crippen LogP contribution in [0.2, 0.25) is 0 Å². The number of rotatable bonds is 6. The van der Waals surface area contributed by atoms with Crippen LogP contribution in [0.1, 0.15) is 26.2 Å². The molecule has 2 saturated heterocycles. The van der Waals surface area contributed by atoms with Crippen molar-refractivity contribution in [2.24, 2.45) is 5.92 Å². The number of morpholine rings is 1. The first-order valence-electron chi connectivity index (χ1n) is 9.83. The first kappa shape index (κ1) is 20.2. The number of nitrogens with zero attached hydrogens (tertiary/aromatic N) is 2. The van der Waals surface area contributed by atoms with Gasteiger partial charge >= 0.3 is 0 Å². The van der Waals surface area contributed by atoms with Crippen molar-refractivity contribution in [1.82, 2.24) is 9.80 Å². The van der Waals surface area contributed by atoms with Crippen LogP contribution in [-0.2, 0) is 9.53 Å². The molecule has 2 heterocycles. The van der Waals surface area contributed by atoms with Crippen molar-refractivity contribution in [2.75, 3.05) is 51.3 Å². The summed E-state index contributed by atoms with van der Waals surface area (Å²) in [5.41, 5.74) is -0.366. The van der Waals surface area contributed by atoms with Crippen molar-refractivity contribution in [3.05, 3.63) is 29.8 Å². The van der Waals surface area contributed by atoms with Crippen molar-refractivity contribution in [3.63, 3.8) is 0 Å². The molecule has 0 radical (unpaired) electrons. The van der Waals surface area contributed by atoms with Gasteiger partial charge in [-0.25, -0.2) is 8.78 Å². The monoisotopic (exact) mass is 381 g/mol. The third-order valence-corrected chi connectivity index (χ3v) is 5.74. The van der Waals surface area contributed by atoms with Crippen molar-refractivity contribution in [3.8, 4) is 0 Å². The van der Waals surface area contributed by atoms with Gasteiger partial charge in [-0.3, -0.25) is 14.6 Å². The smallest absolute Gasteiger partial charge is 0.241 e. The van der Waals surface area contributed by atoms with E-state index in [1.807, 2.05) is 0 Å². The van der Waals surface area contributed by atoms with Crippen LogP contribution in [0.4, 0.5) is 14.5 Å². The number of anilines is 1. The number of hydrogen-bond acceptors (Lipinski definition) is 4. The molecule has 0 spiro atoms. The zero-order valence-electron chi connectivity index (χ0n) is 15.9. The number of amides is 1. The zero-order valence-corrected chi connectivity index (χ0v) is 15.9. The predicted molar refractivity (Wildman–Crippen MR) is 101 cm³/mol. The summed E-state index contributed by atoms with van der Waals surface area (Å²) in [5, 5.41) is 2.41. The molecule has 0 bridgehead atoms. The molecule has 1 amide bonds. The number of benzene rings is 1. The van der Waals surface area contributed by atoms with Crippen molar-refractivity contribution < 1.29 is 18.3 Å². The van der Waals surface area contributed by atoms with Crippen molar-refractivity contribution in [1.29, 1.82) is 0 Å². The highest BCUT2D eigenvalue weighted by molar-refractivity contribution is 5.94. The topological polar surface area (TPSA) is 44.8 Å². The predicted octanol–water partition coefficient (Wildman–Crippen LogP) is 2.73. The van der Waals surface area contributed by atoms with Crippen LogP contribution in [0.25, 0.3) is 0 Å². The second-order valence-corrected chi connectivity index (χ2v) is 7.48. The van der Waals surface area contributed by atoms with E-state index in [2.05, 4.69) is 15.1 Å². The van der Waals surface area contributed by atoms with Gasteiger partial charge in [0, 0.05) is 13.1 Å². The summed E-state index contributed by atoms with van der Waals surface area (Å²) in [4.78, 5) is 17.0. The zero-order chi connectivity index (χ0) is 19.2. The van der Waals surface area contributed by atoms with Crippen LogP contribution in [0.5, 0.6) is 0 Å². The Morgan fingerprint density at radius 3 is 2.44 bits per heavy atom.